The van der Waals surface area contributed by atoms with Crippen molar-refractivity contribution in [1.29, 1.82) is 0 Å². The van der Waals surface area contributed by atoms with Gasteiger partial charge < -0.3 is 10.4 Å². The molecule has 1 rings (SSSR count). The molecule has 0 heterocycles. The highest BCUT2D eigenvalue weighted by atomic mass is 16.4. The maximum Gasteiger partial charge on any atom is 0.317 e. The third-order valence-corrected chi connectivity index (χ3v) is 2.79. The van der Waals surface area contributed by atoms with Crippen LogP contribution in [-0.4, -0.2) is 41.5 Å². The van der Waals surface area contributed by atoms with Crippen LogP contribution < -0.4 is 5.32 Å². The van der Waals surface area contributed by atoms with Crippen LogP contribution in [0.4, 0.5) is 5.69 Å². The summed E-state index contributed by atoms with van der Waals surface area (Å²) in [6.45, 7) is 3.61. The van der Waals surface area contributed by atoms with Crippen LogP contribution >= 0.6 is 0 Å². The summed E-state index contributed by atoms with van der Waals surface area (Å²) in [6, 6.07) is 5.72. The summed E-state index contributed by atoms with van der Waals surface area (Å²) >= 11 is 0. The van der Waals surface area contributed by atoms with Gasteiger partial charge in [0, 0.05) is 5.69 Å². The molecule has 0 atom stereocenters. The lowest BCUT2D eigenvalue weighted by Crippen LogP contribution is -2.37. The van der Waals surface area contributed by atoms with Gasteiger partial charge in [-0.05, 0) is 25.0 Å². The number of anilines is 1. The van der Waals surface area contributed by atoms with Crippen molar-refractivity contribution in [2.24, 2.45) is 0 Å². The van der Waals surface area contributed by atoms with Crippen LogP contribution in [0.2, 0.25) is 0 Å². The first-order valence-electron chi connectivity index (χ1n) is 6.17. The number of carboxylic acid groups (broad SMARTS) is 1. The topological polar surface area (TPSA) is 69.6 Å². The summed E-state index contributed by atoms with van der Waals surface area (Å²) in [5, 5.41) is 11.6. The minimum Gasteiger partial charge on any atom is -0.480 e. The molecule has 5 nitrogen and oxygen atoms in total. The van der Waals surface area contributed by atoms with Crippen molar-refractivity contribution in [3.63, 3.8) is 0 Å². The number of carbonyl (C=O) groups is 2. The van der Waals surface area contributed by atoms with E-state index in [0.717, 1.165) is 16.8 Å². The standard InChI is InChI=1S/C15H18N2O3/c1-4-8-17(10-14(19)20)9-13(18)16-15-11(2)6-5-7-12(15)3/h1,5-7H,8-10H2,2-3H3,(H,16,18)(H,19,20). The van der Waals surface area contributed by atoms with Gasteiger partial charge in [0.25, 0.3) is 0 Å². The molecule has 0 bridgehead atoms. The number of hydrogen-bond acceptors (Lipinski definition) is 3. The second-order valence-corrected chi connectivity index (χ2v) is 4.56. The molecule has 106 valence electrons. The van der Waals surface area contributed by atoms with Gasteiger partial charge in [0.05, 0.1) is 19.6 Å². The average molecular weight is 274 g/mol. The minimum atomic E-state index is -1.01. The first-order chi connectivity index (χ1) is 9.43. The van der Waals surface area contributed by atoms with Crippen LogP contribution in [0.15, 0.2) is 18.2 Å². The molecule has 0 saturated heterocycles. The highest BCUT2D eigenvalue weighted by Crippen LogP contribution is 2.19. The second-order valence-electron chi connectivity index (χ2n) is 4.56. The first kappa shape index (κ1) is 15.7. The maximum absolute atomic E-state index is 12.0. The Bertz CT molecular complexity index is 526. The number of aryl methyl sites for hydroxylation is 2. The van der Waals surface area contributed by atoms with E-state index in [1.807, 2.05) is 32.0 Å². The maximum atomic E-state index is 12.0. The number of aliphatic carboxylic acids is 1. The Morgan fingerprint density at radius 3 is 2.40 bits per heavy atom. The highest BCUT2D eigenvalue weighted by molar-refractivity contribution is 5.94. The van der Waals surface area contributed by atoms with Gasteiger partial charge in [-0.1, -0.05) is 24.1 Å². The Morgan fingerprint density at radius 1 is 1.30 bits per heavy atom. The quantitative estimate of drug-likeness (QED) is 0.766. The summed E-state index contributed by atoms with van der Waals surface area (Å²) < 4.78 is 0. The molecule has 0 fully saturated rings. The molecule has 1 amide bonds. The number of benzene rings is 1. The van der Waals surface area contributed by atoms with Gasteiger partial charge in [-0.15, -0.1) is 6.42 Å². The van der Waals surface area contributed by atoms with Gasteiger partial charge >= 0.3 is 5.97 Å². The molecule has 1 aromatic rings. The summed E-state index contributed by atoms with van der Waals surface area (Å²) in [5.41, 5.74) is 2.67. The summed E-state index contributed by atoms with van der Waals surface area (Å²) in [7, 11) is 0. The lowest BCUT2D eigenvalue weighted by atomic mass is 10.1. The normalized spacial score (nSPS) is 10.1. The molecule has 1 aromatic carbocycles. The molecule has 0 aliphatic carbocycles. The van der Waals surface area contributed by atoms with Crippen molar-refractivity contribution in [3.8, 4) is 12.3 Å². The molecule has 0 unspecified atom stereocenters. The van der Waals surface area contributed by atoms with E-state index in [2.05, 4.69) is 11.2 Å². The Hall–Kier alpha value is -2.32. The van der Waals surface area contributed by atoms with Gasteiger partial charge in [0.15, 0.2) is 0 Å². The summed E-state index contributed by atoms with van der Waals surface area (Å²) in [4.78, 5) is 24.1. The van der Waals surface area contributed by atoms with Crippen LogP contribution in [0.3, 0.4) is 0 Å². The fourth-order valence-electron chi connectivity index (χ4n) is 1.88. The molecule has 0 aromatic heterocycles. The van der Waals surface area contributed by atoms with Gasteiger partial charge in [-0.25, -0.2) is 0 Å². The monoisotopic (exact) mass is 274 g/mol. The van der Waals surface area contributed by atoms with Gasteiger partial charge in [-0.2, -0.15) is 0 Å². The Morgan fingerprint density at radius 2 is 1.90 bits per heavy atom. The van der Waals surface area contributed by atoms with Crippen LogP contribution in [-0.2, 0) is 9.59 Å². The van der Waals surface area contributed by atoms with E-state index in [4.69, 9.17) is 11.5 Å². The van der Waals surface area contributed by atoms with Gasteiger partial charge in [-0.3, -0.25) is 14.5 Å². The van der Waals surface area contributed by atoms with Crippen LogP contribution in [0.1, 0.15) is 11.1 Å². The molecule has 0 aliphatic heterocycles. The zero-order valence-corrected chi connectivity index (χ0v) is 11.6. The highest BCUT2D eigenvalue weighted by Gasteiger charge is 2.14. The van der Waals surface area contributed by atoms with Crippen molar-refractivity contribution in [3.05, 3.63) is 29.3 Å². The lowest BCUT2D eigenvalue weighted by molar-refractivity contribution is -0.138. The van der Waals surface area contributed by atoms with E-state index in [9.17, 15) is 9.59 Å². The number of carbonyl (C=O) groups excluding carboxylic acids is 1. The molecule has 2 N–H and O–H groups in total. The zero-order valence-electron chi connectivity index (χ0n) is 11.6. The fraction of sp³-hybridized carbons (Fsp3) is 0.333. The number of terminal acetylenes is 1. The van der Waals surface area contributed by atoms with Crippen molar-refractivity contribution >= 4 is 17.6 Å². The van der Waals surface area contributed by atoms with Crippen LogP contribution in [0.25, 0.3) is 0 Å². The molecule has 0 aliphatic rings. The summed E-state index contributed by atoms with van der Waals surface area (Å²) in [5.74, 6) is 1.06. The number of rotatable bonds is 6. The SMILES string of the molecule is C#CCN(CC(=O)O)CC(=O)Nc1c(C)cccc1C. The smallest absolute Gasteiger partial charge is 0.317 e. The average Bonchev–Trinajstić information content (AvgIpc) is 2.33. The molecule has 0 spiro atoms. The molecule has 20 heavy (non-hydrogen) atoms. The number of amides is 1. The van der Waals surface area contributed by atoms with Crippen molar-refractivity contribution in [2.75, 3.05) is 25.0 Å². The van der Waals surface area contributed by atoms with Crippen molar-refractivity contribution in [1.82, 2.24) is 4.90 Å². The van der Waals surface area contributed by atoms with E-state index in [1.165, 1.54) is 4.90 Å². The van der Waals surface area contributed by atoms with E-state index in [1.54, 1.807) is 0 Å². The van der Waals surface area contributed by atoms with Crippen molar-refractivity contribution < 1.29 is 14.7 Å². The van der Waals surface area contributed by atoms with Crippen LogP contribution in [0, 0.1) is 26.2 Å². The molecular weight excluding hydrogens is 256 g/mol. The largest absolute Gasteiger partial charge is 0.480 e. The molecule has 0 radical (unpaired) electrons. The fourth-order valence-corrected chi connectivity index (χ4v) is 1.88. The Labute approximate surface area is 118 Å². The zero-order chi connectivity index (χ0) is 15.1. The number of nitrogens with zero attached hydrogens (tertiary/aromatic N) is 1. The third kappa shape index (κ3) is 4.75. The van der Waals surface area contributed by atoms with E-state index < -0.39 is 5.97 Å². The minimum absolute atomic E-state index is 0.0513. The first-order valence-corrected chi connectivity index (χ1v) is 6.17. The molecule has 0 saturated carbocycles. The predicted molar refractivity (Wildman–Crippen MR) is 77.5 cm³/mol. The van der Waals surface area contributed by atoms with Gasteiger partial charge in [0.2, 0.25) is 5.91 Å². The molecular formula is C15H18N2O3. The predicted octanol–water partition coefficient (Wildman–Crippen LogP) is 1.26. The van der Waals surface area contributed by atoms with E-state index >= 15 is 0 Å². The van der Waals surface area contributed by atoms with E-state index in [0.29, 0.717) is 0 Å². The third-order valence-electron chi connectivity index (χ3n) is 2.79. The number of hydrogen-bond donors (Lipinski definition) is 2. The number of carboxylic acids is 1. The van der Waals surface area contributed by atoms with Gasteiger partial charge in [0.1, 0.15) is 0 Å². The number of para-hydroxylation sites is 1. The lowest BCUT2D eigenvalue weighted by Gasteiger charge is -2.18. The second kappa shape index (κ2) is 7.31. The Balaban J connectivity index is 2.71. The van der Waals surface area contributed by atoms with Crippen LogP contribution in [0.5, 0.6) is 0 Å². The number of nitrogens with one attached hydrogen (secondary N) is 1. The van der Waals surface area contributed by atoms with Crippen molar-refractivity contribution in [2.45, 2.75) is 13.8 Å². The van der Waals surface area contributed by atoms with E-state index in [-0.39, 0.29) is 25.5 Å². The molecule has 5 heteroatoms. The Kier molecular flexibility index (Phi) is 5.75. The summed E-state index contributed by atoms with van der Waals surface area (Å²) in [6.07, 6.45) is 5.17.